The maximum atomic E-state index is 9.79. The van der Waals surface area contributed by atoms with Gasteiger partial charge >= 0.3 is 0 Å². The van der Waals surface area contributed by atoms with Gasteiger partial charge in [0.05, 0.1) is 12.1 Å². The van der Waals surface area contributed by atoms with E-state index < -0.39 is 12.1 Å². The molecule has 0 unspecified atom stereocenters. The Morgan fingerprint density at radius 3 is 2.31 bits per heavy atom. The monoisotopic (exact) mass is 309 g/mol. The average molecular weight is 311 g/mol. The molecule has 3 nitrogen and oxygen atoms in total. The predicted octanol–water partition coefficient (Wildman–Crippen LogP) is 2.59. The van der Waals surface area contributed by atoms with Gasteiger partial charge in [0.25, 0.3) is 0 Å². The van der Waals surface area contributed by atoms with Crippen LogP contribution in [0.3, 0.4) is 0 Å². The van der Waals surface area contributed by atoms with Crippen molar-refractivity contribution in [2.45, 2.75) is 26.0 Å². The van der Waals surface area contributed by atoms with E-state index in [0.29, 0.717) is 5.56 Å². The van der Waals surface area contributed by atoms with E-state index in [-0.39, 0.29) is 24.1 Å². The molecule has 0 aliphatic rings. The molecule has 4 N–H and O–H groups in total. The van der Waals surface area contributed by atoms with Crippen LogP contribution in [0.4, 0.5) is 0 Å². The van der Waals surface area contributed by atoms with Gasteiger partial charge in [-0.25, -0.2) is 0 Å². The molecular formula is C11H17BrClNO2. The van der Waals surface area contributed by atoms with Crippen LogP contribution in [0.25, 0.3) is 0 Å². The Balaban J connectivity index is 0.00000225. The molecule has 0 aliphatic carbocycles. The maximum Gasteiger partial charge on any atom is 0.121 e. The van der Waals surface area contributed by atoms with Crippen LogP contribution >= 0.6 is 28.3 Å². The number of benzene rings is 1. The van der Waals surface area contributed by atoms with Crippen molar-refractivity contribution in [3.8, 4) is 5.75 Å². The van der Waals surface area contributed by atoms with Crippen LogP contribution in [0.5, 0.6) is 5.75 Å². The van der Waals surface area contributed by atoms with Crippen LogP contribution in [0.15, 0.2) is 22.7 Å². The molecule has 0 radical (unpaired) electrons. The first kappa shape index (κ1) is 15.7. The van der Waals surface area contributed by atoms with Gasteiger partial charge in [-0.1, -0.05) is 35.8 Å². The molecule has 1 aromatic carbocycles. The van der Waals surface area contributed by atoms with E-state index in [1.807, 2.05) is 13.8 Å². The molecular weight excluding hydrogens is 293 g/mol. The van der Waals surface area contributed by atoms with Gasteiger partial charge in [-0.05, 0) is 18.1 Å². The summed E-state index contributed by atoms with van der Waals surface area (Å²) in [5, 5.41) is 19.5. The Morgan fingerprint density at radius 2 is 1.88 bits per heavy atom. The Kier molecular flexibility index (Phi) is 6.33. The zero-order valence-corrected chi connectivity index (χ0v) is 11.6. The molecule has 2 atom stereocenters. The third kappa shape index (κ3) is 3.63. The smallest absolute Gasteiger partial charge is 0.121 e. The number of phenols is 1. The lowest BCUT2D eigenvalue weighted by Crippen LogP contribution is -2.30. The second-order valence-corrected chi connectivity index (χ2v) is 4.88. The summed E-state index contributed by atoms with van der Waals surface area (Å²) < 4.78 is 0.787. The fraction of sp³-hybridized carbons (Fsp3) is 0.455. The predicted molar refractivity (Wildman–Crippen MR) is 70.8 cm³/mol. The molecule has 92 valence electrons. The highest BCUT2D eigenvalue weighted by atomic mass is 79.9. The van der Waals surface area contributed by atoms with Gasteiger partial charge in [-0.15, -0.1) is 12.4 Å². The fourth-order valence-corrected chi connectivity index (χ4v) is 1.75. The molecule has 0 spiro atoms. The summed E-state index contributed by atoms with van der Waals surface area (Å²) in [5.41, 5.74) is 6.43. The number of hydrogen-bond donors (Lipinski definition) is 3. The van der Waals surface area contributed by atoms with Crippen LogP contribution in [0, 0.1) is 5.92 Å². The summed E-state index contributed by atoms with van der Waals surface area (Å²) in [6.45, 7) is 3.78. The molecule has 0 heterocycles. The van der Waals surface area contributed by atoms with Crippen molar-refractivity contribution in [2.24, 2.45) is 11.7 Å². The molecule has 0 fully saturated rings. The van der Waals surface area contributed by atoms with Crippen molar-refractivity contribution in [1.29, 1.82) is 0 Å². The maximum absolute atomic E-state index is 9.79. The van der Waals surface area contributed by atoms with Gasteiger partial charge in [0.2, 0.25) is 0 Å². The molecule has 0 amide bonds. The van der Waals surface area contributed by atoms with Crippen molar-refractivity contribution in [1.82, 2.24) is 0 Å². The van der Waals surface area contributed by atoms with Crippen molar-refractivity contribution in [2.75, 3.05) is 0 Å². The lowest BCUT2D eigenvalue weighted by Gasteiger charge is -2.23. The first-order valence-electron chi connectivity index (χ1n) is 4.85. The summed E-state index contributed by atoms with van der Waals surface area (Å²) in [4.78, 5) is 0. The molecule has 0 bridgehead atoms. The van der Waals surface area contributed by atoms with Crippen molar-refractivity contribution < 1.29 is 10.2 Å². The highest BCUT2D eigenvalue weighted by Crippen LogP contribution is 2.29. The van der Waals surface area contributed by atoms with E-state index in [0.717, 1.165) is 4.47 Å². The van der Waals surface area contributed by atoms with Gasteiger partial charge in [-0.2, -0.15) is 0 Å². The largest absolute Gasteiger partial charge is 0.508 e. The van der Waals surface area contributed by atoms with Crippen molar-refractivity contribution in [3.05, 3.63) is 28.2 Å². The molecule has 0 aromatic heterocycles. The van der Waals surface area contributed by atoms with Gasteiger partial charge in [-0.3, -0.25) is 0 Å². The summed E-state index contributed by atoms with van der Waals surface area (Å²) >= 11 is 3.25. The number of rotatable bonds is 3. The number of phenolic OH excluding ortho intramolecular Hbond substituents is 1. The van der Waals surface area contributed by atoms with Gasteiger partial charge in [0, 0.05) is 10.0 Å². The third-order valence-electron chi connectivity index (χ3n) is 2.40. The molecule has 0 aliphatic heterocycles. The van der Waals surface area contributed by atoms with E-state index in [4.69, 9.17) is 5.73 Å². The fourth-order valence-electron chi connectivity index (χ4n) is 1.40. The Bertz CT molecular complexity index is 347. The van der Waals surface area contributed by atoms with E-state index in [2.05, 4.69) is 15.9 Å². The Morgan fingerprint density at radius 1 is 1.31 bits per heavy atom. The summed E-state index contributed by atoms with van der Waals surface area (Å²) in [5.74, 6) is 0.166. The normalized spacial score (nSPS) is 14.4. The Hall–Kier alpha value is -0.290. The highest BCUT2D eigenvalue weighted by molar-refractivity contribution is 9.10. The lowest BCUT2D eigenvalue weighted by atomic mass is 9.94. The standard InChI is InChI=1S/C11H16BrNO2.ClH/c1-6(2)11(15)10(13)8-4-3-7(12)5-9(8)14;/h3-6,10-11,14-15H,13H2,1-2H3;1H/t10-,11+;/m1./s1. The van der Waals surface area contributed by atoms with E-state index >= 15 is 0 Å². The first-order valence-corrected chi connectivity index (χ1v) is 5.65. The quantitative estimate of drug-likeness (QED) is 0.804. The zero-order valence-electron chi connectivity index (χ0n) is 9.22. The number of aromatic hydroxyl groups is 1. The first-order chi connectivity index (χ1) is 6.93. The minimum absolute atomic E-state index is 0. The van der Waals surface area contributed by atoms with Gasteiger partial charge in [0.1, 0.15) is 5.75 Å². The number of hydrogen-bond acceptors (Lipinski definition) is 3. The minimum atomic E-state index is -0.655. The number of nitrogens with two attached hydrogens (primary N) is 1. The number of aliphatic hydroxyl groups is 1. The van der Waals surface area contributed by atoms with E-state index in [1.54, 1.807) is 18.2 Å². The minimum Gasteiger partial charge on any atom is -0.508 e. The lowest BCUT2D eigenvalue weighted by molar-refractivity contribution is 0.0970. The second kappa shape index (κ2) is 6.45. The van der Waals surface area contributed by atoms with Crippen molar-refractivity contribution >= 4 is 28.3 Å². The van der Waals surface area contributed by atoms with Crippen LogP contribution in [-0.2, 0) is 0 Å². The second-order valence-electron chi connectivity index (χ2n) is 3.96. The van der Waals surface area contributed by atoms with Crippen LogP contribution in [0.1, 0.15) is 25.5 Å². The molecule has 1 rings (SSSR count). The van der Waals surface area contributed by atoms with Crippen LogP contribution in [0.2, 0.25) is 0 Å². The highest BCUT2D eigenvalue weighted by Gasteiger charge is 2.22. The Labute approximate surface area is 110 Å². The van der Waals surface area contributed by atoms with Gasteiger partial charge < -0.3 is 15.9 Å². The summed E-state index contributed by atoms with van der Waals surface area (Å²) in [6, 6.07) is 4.53. The SMILES string of the molecule is CC(C)[C@H](O)[C@H](N)c1ccc(Br)cc1O.Cl. The summed E-state index contributed by atoms with van der Waals surface area (Å²) in [6.07, 6.45) is -0.655. The number of halogens is 2. The average Bonchev–Trinajstić information content (AvgIpc) is 2.15. The van der Waals surface area contributed by atoms with Crippen LogP contribution in [-0.4, -0.2) is 16.3 Å². The molecule has 16 heavy (non-hydrogen) atoms. The third-order valence-corrected chi connectivity index (χ3v) is 2.90. The van der Waals surface area contributed by atoms with E-state index in [9.17, 15) is 10.2 Å². The molecule has 0 saturated heterocycles. The topological polar surface area (TPSA) is 66.5 Å². The van der Waals surface area contributed by atoms with Crippen LogP contribution < -0.4 is 5.73 Å². The zero-order chi connectivity index (χ0) is 11.6. The van der Waals surface area contributed by atoms with Crippen molar-refractivity contribution in [3.63, 3.8) is 0 Å². The molecule has 0 saturated carbocycles. The summed E-state index contributed by atoms with van der Waals surface area (Å²) in [7, 11) is 0. The van der Waals surface area contributed by atoms with E-state index in [1.165, 1.54) is 0 Å². The molecule has 1 aromatic rings. The number of aliphatic hydroxyl groups excluding tert-OH is 1. The molecule has 5 heteroatoms. The van der Waals surface area contributed by atoms with Gasteiger partial charge in [0.15, 0.2) is 0 Å².